The SMILES string of the molecule is O=C(NCc1ccnc(-n2cccn2)c1)NCC1CC1c1ccccc1. The van der Waals surface area contributed by atoms with Crippen molar-refractivity contribution in [2.45, 2.75) is 18.9 Å². The predicted molar refractivity (Wildman–Crippen MR) is 98.9 cm³/mol. The fourth-order valence-corrected chi connectivity index (χ4v) is 3.15. The number of urea groups is 1. The highest BCUT2D eigenvalue weighted by atomic mass is 16.2. The average molecular weight is 347 g/mol. The van der Waals surface area contributed by atoms with Gasteiger partial charge < -0.3 is 10.6 Å². The number of hydrogen-bond acceptors (Lipinski definition) is 3. The number of aromatic nitrogens is 3. The first-order valence-corrected chi connectivity index (χ1v) is 8.81. The summed E-state index contributed by atoms with van der Waals surface area (Å²) in [5.41, 5.74) is 2.34. The summed E-state index contributed by atoms with van der Waals surface area (Å²) in [6.07, 6.45) is 6.41. The van der Waals surface area contributed by atoms with Crippen LogP contribution in [-0.4, -0.2) is 27.3 Å². The summed E-state index contributed by atoms with van der Waals surface area (Å²) < 4.78 is 1.69. The van der Waals surface area contributed by atoms with Crippen molar-refractivity contribution in [3.63, 3.8) is 0 Å². The summed E-state index contributed by atoms with van der Waals surface area (Å²) in [4.78, 5) is 16.3. The van der Waals surface area contributed by atoms with Crippen LogP contribution in [0.5, 0.6) is 0 Å². The van der Waals surface area contributed by atoms with Crippen molar-refractivity contribution in [3.05, 3.63) is 78.2 Å². The molecule has 26 heavy (non-hydrogen) atoms. The molecule has 2 amide bonds. The van der Waals surface area contributed by atoms with Gasteiger partial charge in [-0.1, -0.05) is 30.3 Å². The van der Waals surface area contributed by atoms with E-state index in [1.807, 2.05) is 30.5 Å². The number of benzene rings is 1. The summed E-state index contributed by atoms with van der Waals surface area (Å²) in [5.74, 6) is 1.85. The van der Waals surface area contributed by atoms with Gasteiger partial charge >= 0.3 is 6.03 Å². The highest BCUT2D eigenvalue weighted by Gasteiger charge is 2.37. The van der Waals surface area contributed by atoms with Gasteiger partial charge in [0.05, 0.1) is 0 Å². The number of amides is 2. The minimum Gasteiger partial charge on any atom is -0.338 e. The van der Waals surface area contributed by atoms with Gasteiger partial charge in [-0.15, -0.1) is 0 Å². The van der Waals surface area contributed by atoms with Gasteiger partial charge in [-0.3, -0.25) is 0 Å². The molecule has 132 valence electrons. The zero-order chi connectivity index (χ0) is 17.8. The number of hydrogen-bond donors (Lipinski definition) is 2. The van der Waals surface area contributed by atoms with Gasteiger partial charge in [0.25, 0.3) is 0 Å². The van der Waals surface area contributed by atoms with E-state index in [-0.39, 0.29) is 6.03 Å². The third kappa shape index (κ3) is 3.91. The lowest BCUT2D eigenvalue weighted by Gasteiger charge is -2.08. The molecule has 1 aromatic carbocycles. The van der Waals surface area contributed by atoms with Crippen LogP contribution in [0, 0.1) is 5.92 Å². The third-order valence-corrected chi connectivity index (χ3v) is 4.68. The molecule has 2 N–H and O–H groups in total. The van der Waals surface area contributed by atoms with Crippen molar-refractivity contribution in [1.29, 1.82) is 0 Å². The predicted octanol–water partition coefficient (Wildman–Crippen LogP) is 2.87. The molecule has 1 saturated carbocycles. The van der Waals surface area contributed by atoms with E-state index in [2.05, 4.69) is 45.0 Å². The first kappa shape index (κ1) is 16.3. The van der Waals surface area contributed by atoms with Crippen molar-refractivity contribution >= 4 is 6.03 Å². The maximum Gasteiger partial charge on any atom is 0.315 e. The van der Waals surface area contributed by atoms with E-state index < -0.39 is 0 Å². The van der Waals surface area contributed by atoms with E-state index in [0.717, 1.165) is 17.8 Å². The zero-order valence-corrected chi connectivity index (χ0v) is 14.4. The Balaban J connectivity index is 1.23. The first-order valence-electron chi connectivity index (χ1n) is 8.81. The summed E-state index contributed by atoms with van der Waals surface area (Å²) in [6, 6.07) is 16.0. The van der Waals surface area contributed by atoms with Crippen LogP contribution in [0.15, 0.2) is 67.1 Å². The van der Waals surface area contributed by atoms with Gasteiger partial charge in [0.1, 0.15) is 0 Å². The second-order valence-electron chi connectivity index (χ2n) is 6.55. The molecule has 6 heteroatoms. The van der Waals surface area contributed by atoms with Crippen LogP contribution >= 0.6 is 0 Å². The van der Waals surface area contributed by atoms with Crippen LogP contribution < -0.4 is 10.6 Å². The van der Waals surface area contributed by atoms with Gasteiger partial charge in [0.15, 0.2) is 5.82 Å². The van der Waals surface area contributed by atoms with Crippen molar-refractivity contribution in [1.82, 2.24) is 25.4 Å². The van der Waals surface area contributed by atoms with Crippen LogP contribution in [-0.2, 0) is 6.54 Å². The second kappa shape index (κ2) is 7.39. The van der Waals surface area contributed by atoms with E-state index >= 15 is 0 Å². The Bertz CT molecular complexity index is 863. The van der Waals surface area contributed by atoms with Crippen molar-refractivity contribution < 1.29 is 4.79 Å². The zero-order valence-electron chi connectivity index (χ0n) is 14.4. The molecule has 2 atom stereocenters. The maximum atomic E-state index is 12.0. The number of rotatable bonds is 6. The van der Waals surface area contributed by atoms with E-state index in [0.29, 0.717) is 24.9 Å². The summed E-state index contributed by atoms with van der Waals surface area (Å²) in [7, 11) is 0. The smallest absolute Gasteiger partial charge is 0.315 e. The Morgan fingerprint density at radius 2 is 2.00 bits per heavy atom. The molecular weight excluding hydrogens is 326 g/mol. The minimum atomic E-state index is -0.138. The van der Waals surface area contributed by atoms with E-state index in [4.69, 9.17) is 0 Å². The van der Waals surface area contributed by atoms with Crippen LogP contribution in [0.4, 0.5) is 4.79 Å². The van der Waals surface area contributed by atoms with E-state index in [9.17, 15) is 4.79 Å². The standard InChI is InChI=1S/C20H21N5O/c26-20(23-14-17-12-18(17)16-5-2-1-3-6-16)22-13-15-7-9-21-19(11-15)25-10-4-8-24-25/h1-11,17-18H,12-14H2,(H2,22,23,26). The normalized spacial score (nSPS) is 18.3. The van der Waals surface area contributed by atoms with E-state index in [1.54, 1.807) is 17.1 Å². The fraction of sp³-hybridized carbons (Fsp3) is 0.250. The Morgan fingerprint density at radius 1 is 1.12 bits per heavy atom. The van der Waals surface area contributed by atoms with Crippen molar-refractivity contribution in [3.8, 4) is 5.82 Å². The van der Waals surface area contributed by atoms with Gasteiger partial charge in [-0.2, -0.15) is 5.10 Å². The molecule has 1 aliphatic rings. The molecule has 0 radical (unpaired) electrons. The number of nitrogens with zero attached hydrogens (tertiary/aromatic N) is 3. The number of carbonyl (C=O) groups is 1. The monoisotopic (exact) mass is 347 g/mol. The van der Waals surface area contributed by atoms with Crippen LogP contribution in [0.2, 0.25) is 0 Å². The van der Waals surface area contributed by atoms with Crippen LogP contribution in [0.3, 0.4) is 0 Å². The summed E-state index contributed by atoms with van der Waals surface area (Å²) in [6.45, 7) is 1.16. The number of pyridine rings is 1. The number of carbonyl (C=O) groups excluding carboxylic acids is 1. The molecule has 0 spiro atoms. The molecular formula is C20H21N5O. The molecule has 4 rings (SSSR count). The Hall–Kier alpha value is -3.15. The molecule has 2 unspecified atom stereocenters. The lowest BCUT2D eigenvalue weighted by atomic mass is 10.1. The molecule has 3 aromatic rings. The Labute approximate surface area is 152 Å². The largest absolute Gasteiger partial charge is 0.338 e. The Morgan fingerprint density at radius 3 is 2.81 bits per heavy atom. The molecule has 0 aliphatic heterocycles. The van der Waals surface area contributed by atoms with E-state index in [1.165, 1.54) is 5.56 Å². The fourth-order valence-electron chi connectivity index (χ4n) is 3.15. The second-order valence-corrected chi connectivity index (χ2v) is 6.55. The van der Waals surface area contributed by atoms with Gasteiger partial charge in [-0.25, -0.2) is 14.5 Å². The maximum absolute atomic E-state index is 12.0. The van der Waals surface area contributed by atoms with Gasteiger partial charge in [0, 0.05) is 31.7 Å². The highest BCUT2D eigenvalue weighted by molar-refractivity contribution is 5.73. The molecule has 2 heterocycles. The highest BCUT2D eigenvalue weighted by Crippen LogP contribution is 2.46. The van der Waals surface area contributed by atoms with Crippen molar-refractivity contribution in [2.24, 2.45) is 5.92 Å². The summed E-state index contributed by atoms with van der Waals surface area (Å²) in [5, 5.41) is 10.0. The summed E-state index contributed by atoms with van der Waals surface area (Å²) >= 11 is 0. The van der Waals surface area contributed by atoms with Gasteiger partial charge in [-0.05, 0) is 47.6 Å². The van der Waals surface area contributed by atoms with Gasteiger partial charge in [0.2, 0.25) is 0 Å². The Kier molecular flexibility index (Phi) is 4.64. The topological polar surface area (TPSA) is 71.8 Å². The third-order valence-electron chi connectivity index (χ3n) is 4.68. The minimum absolute atomic E-state index is 0.138. The van der Waals surface area contributed by atoms with Crippen LogP contribution in [0.1, 0.15) is 23.5 Å². The first-order chi connectivity index (χ1) is 12.8. The molecule has 0 saturated heterocycles. The quantitative estimate of drug-likeness (QED) is 0.720. The number of nitrogens with one attached hydrogen (secondary N) is 2. The lowest BCUT2D eigenvalue weighted by Crippen LogP contribution is -2.36. The molecule has 2 aromatic heterocycles. The van der Waals surface area contributed by atoms with Crippen molar-refractivity contribution in [2.75, 3.05) is 6.54 Å². The van der Waals surface area contributed by atoms with Crippen LogP contribution in [0.25, 0.3) is 5.82 Å². The lowest BCUT2D eigenvalue weighted by molar-refractivity contribution is 0.240. The molecule has 1 fully saturated rings. The molecule has 1 aliphatic carbocycles. The molecule has 6 nitrogen and oxygen atoms in total. The molecule has 0 bridgehead atoms. The average Bonchev–Trinajstić information content (AvgIpc) is 3.26.